The molecule has 1 aromatic carbocycles. The van der Waals surface area contributed by atoms with E-state index >= 15 is 0 Å². The van der Waals surface area contributed by atoms with Gasteiger partial charge in [0.2, 0.25) is 0 Å². The maximum absolute atomic E-state index is 11.7. The van der Waals surface area contributed by atoms with Gasteiger partial charge in [-0.05, 0) is 25.0 Å². The normalized spacial score (nSPS) is 12.1. The first-order valence-corrected chi connectivity index (χ1v) is 5.74. The molecule has 0 heterocycles. The summed E-state index contributed by atoms with van der Waals surface area (Å²) in [5.74, 6) is 1.13. The number of carbonyl (C=O) groups excluding carboxylic acids is 1. The minimum Gasteiger partial charge on any atom is -0.497 e. The summed E-state index contributed by atoms with van der Waals surface area (Å²) in [5, 5.41) is 5.65. The van der Waals surface area contributed by atoms with E-state index in [0.717, 1.165) is 11.4 Å². The number of benzene rings is 1. The Labute approximate surface area is 102 Å². The highest BCUT2D eigenvalue weighted by Gasteiger charge is 2.10. The van der Waals surface area contributed by atoms with Gasteiger partial charge in [0.1, 0.15) is 5.75 Å². The van der Waals surface area contributed by atoms with Gasteiger partial charge in [-0.25, -0.2) is 4.79 Å². The van der Waals surface area contributed by atoms with Crippen molar-refractivity contribution in [2.45, 2.75) is 26.8 Å². The summed E-state index contributed by atoms with van der Waals surface area (Å²) < 4.78 is 5.08. The quantitative estimate of drug-likeness (QED) is 0.844. The number of amides is 2. The lowest BCUT2D eigenvalue weighted by Crippen LogP contribution is -2.38. The first-order chi connectivity index (χ1) is 8.02. The molecule has 17 heavy (non-hydrogen) atoms. The third-order valence-electron chi connectivity index (χ3n) is 2.69. The van der Waals surface area contributed by atoms with Crippen molar-refractivity contribution in [3.63, 3.8) is 0 Å². The van der Waals surface area contributed by atoms with Gasteiger partial charge in [0.15, 0.2) is 0 Å². The van der Waals surface area contributed by atoms with Crippen molar-refractivity contribution in [1.82, 2.24) is 5.32 Å². The molecule has 2 amide bonds. The van der Waals surface area contributed by atoms with Gasteiger partial charge in [-0.1, -0.05) is 19.9 Å². The summed E-state index contributed by atoms with van der Waals surface area (Å²) >= 11 is 0. The molecule has 0 aliphatic rings. The zero-order valence-corrected chi connectivity index (χ0v) is 10.8. The van der Waals surface area contributed by atoms with Crippen LogP contribution in [0.2, 0.25) is 0 Å². The molecular weight excluding hydrogens is 216 g/mol. The Balaban J connectivity index is 2.55. The first kappa shape index (κ1) is 13.4. The van der Waals surface area contributed by atoms with Crippen LogP contribution < -0.4 is 15.4 Å². The maximum atomic E-state index is 11.7. The van der Waals surface area contributed by atoms with Crippen molar-refractivity contribution in [3.8, 4) is 5.75 Å². The molecule has 2 N–H and O–H groups in total. The van der Waals surface area contributed by atoms with E-state index < -0.39 is 0 Å². The molecule has 4 heteroatoms. The summed E-state index contributed by atoms with van der Waals surface area (Å²) in [7, 11) is 1.60. The summed E-state index contributed by atoms with van der Waals surface area (Å²) in [6.45, 7) is 6.11. The van der Waals surface area contributed by atoms with Gasteiger partial charge in [-0.15, -0.1) is 0 Å². The zero-order chi connectivity index (χ0) is 12.8. The number of nitrogens with one attached hydrogen (secondary N) is 2. The van der Waals surface area contributed by atoms with E-state index in [4.69, 9.17) is 4.74 Å². The monoisotopic (exact) mass is 236 g/mol. The van der Waals surface area contributed by atoms with E-state index in [-0.39, 0.29) is 12.1 Å². The van der Waals surface area contributed by atoms with Crippen LogP contribution in [0, 0.1) is 5.92 Å². The van der Waals surface area contributed by atoms with Crippen LogP contribution in [0.4, 0.5) is 10.5 Å². The molecule has 0 spiro atoms. The third kappa shape index (κ3) is 4.34. The number of methoxy groups -OCH3 is 1. The SMILES string of the molecule is COc1cccc(NC(=O)N[C@@H](C)C(C)C)c1. The van der Waals surface area contributed by atoms with Gasteiger partial charge in [0.25, 0.3) is 0 Å². The number of ether oxygens (including phenoxy) is 1. The van der Waals surface area contributed by atoms with Crippen LogP contribution in [0.5, 0.6) is 5.75 Å². The number of rotatable bonds is 4. The highest BCUT2D eigenvalue weighted by molar-refractivity contribution is 5.89. The molecule has 0 aliphatic carbocycles. The van der Waals surface area contributed by atoms with Gasteiger partial charge < -0.3 is 15.4 Å². The second-order valence-corrected chi connectivity index (χ2v) is 4.36. The van der Waals surface area contributed by atoms with Gasteiger partial charge in [0, 0.05) is 17.8 Å². The molecule has 0 aliphatic heterocycles. The second kappa shape index (κ2) is 6.13. The lowest BCUT2D eigenvalue weighted by molar-refractivity contribution is 0.246. The number of anilines is 1. The molecule has 94 valence electrons. The number of urea groups is 1. The Morgan fingerprint density at radius 3 is 2.59 bits per heavy atom. The van der Waals surface area contributed by atoms with Crippen molar-refractivity contribution >= 4 is 11.7 Å². The zero-order valence-electron chi connectivity index (χ0n) is 10.8. The fourth-order valence-corrected chi connectivity index (χ4v) is 1.24. The topological polar surface area (TPSA) is 50.4 Å². The largest absolute Gasteiger partial charge is 0.497 e. The molecule has 0 aromatic heterocycles. The second-order valence-electron chi connectivity index (χ2n) is 4.36. The molecule has 0 saturated heterocycles. The molecule has 0 unspecified atom stereocenters. The lowest BCUT2D eigenvalue weighted by Gasteiger charge is -2.17. The van der Waals surface area contributed by atoms with Gasteiger partial charge in [-0.3, -0.25) is 0 Å². The van der Waals surface area contributed by atoms with Gasteiger partial charge >= 0.3 is 6.03 Å². The van der Waals surface area contributed by atoms with Crippen LogP contribution in [-0.4, -0.2) is 19.2 Å². The fraction of sp³-hybridized carbons (Fsp3) is 0.462. The molecule has 0 bridgehead atoms. The summed E-state index contributed by atoms with van der Waals surface area (Å²) in [6, 6.07) is 7.21. The van der Waals surface area contributed by atoms with E-state index in [2.05, 4.69) is 24.5 Å². The molecule has 1 aromatic rings. The van der Waals surface area contributed by atoms with Gasteiger partial charge in [-0.2, -0.15) is 0 Å². The van der Waals surface area contributed by atoms with Crippen LogP contribution in [0.3, 0.4) is 0 Å². The van der Waals surface area contributed by atoms with E-state index in [1.807, 2.05) is 25.1 Å². The Bertz CT molecular complexity index is 377. The van der Waals surface area contributed by atoms with Gasteiger partial charge in [0.05, 0.1) is 7.11 Å². The van der Waals surface area contributed by atoms with Crippen LogP contribution in [0.15, 0.2) is 24.3 Å². The summed E-state index contributed by atoms with van der Waals surface area (Å²) in [6.07, 6.45) is 0. The van der Waals surface area contributed by atoms with Crippen molar-refractivity contribution in [2.75, 3.05) is 12.4 Å². The summed E-state index contributed by atoms with van der Waals surface area (Å²) in [4.78, 5) is 11.7. The molecule has 0 fully saturated rings. The van der Waals surface area contributed by atoms with Crippen molar-refractivity contribution in [3.05, 3.63) is 24.3 Å². The van der Waals surface area contributed by atoms with E-state index in [0.29, 0.717) is 5.92 Å². The van der Waals surface area contributed by atoms with Crippen molar-refractivity contribution in [2.24, 2.45) is 5.92 Å². The van der Waals surface area contributed by atoms with Crippen molar-refractivity contribution < 1.29 is 9.53 Å². The van der Waals surface area contributed by atoms with Crippen molar-refractivity contribution in [1.29, 1.82) is 0 Å². The molecule has 1 atom stereocenters. The Morgan fingerprint density at radius 2 is 2.00 bits per heavy atom. The van der Waals surface area contributed by atoms with E-state index in [9.17, 15) is 4.79 Å². The smallest absolute Gasteiger partial charge is 0.319 e. The minimum atomic E-state index is -0.195. The Morgan fingerprint density at radius 1 is 1.29 bits per heavy atom. The number of hydrogen-bond donors (Lipinski definition) is 2. The van der Waals surface area contributed by atoms with E-state index in [1.54, 1.807) is 13.2 Å². The fourth-order valence-electron chi connectivity index (χ4n) is 1.24. The minimum absolute atomic E-state index is 0.139. The van der Waals surface area contributed by atoms with Crippen LogP contribution in [0.25, 0.3) is 0 Å². The van der Waals surface area contributed by atoms with Crippen LogP contribution >= 0.6 is 0 Å². The molecule has 0 saturated carbocycles. The first-order valence-electron chi connectivity index (χ1n) is 5.74. The maximum Gasteiger partial charge on any atom is 0.319 e. The summed E-state index contributed by atoms with van der Waals surface area (Å²) in [5.41, 5.74) is 0.720. The molecular formula is C13H20N2O2. The van der Waals surface area contributed by atoms with Crippen LogP contribution in [-0.2, 0) is 0 Å². The number of hydrogen-bond acceptors (Lipinski definition) is 2. The molecule has 0 radical (unpaired) electrons. The molecule has 4 nitrogen and oxygen atoms in total. The predicted octanol–water partition coefficient (Wildman–Crippen LogP) is 2.86. The standard InChI is InChI=1S/C13H20N2O2/c1-9(2)10(3)14-13(16)15-11-6-5-7-12(8-11)17-4/h5-10H,1-4H3,(H2,14,15,16)/t10-/m0/s1. The number of carbonyl (C=O) groups is 1. The average Bonchev–Trinajstić information content (AvgIpc) is 2.28. The highest BCUT2D eigenvalue weighted by Crippen LogP contribution is 2.16. The lowest BCUT2D eigenvalue weighted by atomic mass is 10.1. The molecule has 1 rings (SSSR count). The predicted molar refractivity (Wildman–Crippen MR) is 69.4 cm³/mol. The van der Waals surface area contributed by atoms with E-state index in [1.165, 1.54) is 0 Å². The highest BCUT2D eigenvalue weighted by atomic mass is 16.5. The average molecular weight is 236 g/mol. The Kier molecular flexibility index (Phi) is 4.82. The Hall–Kier alpha value is -1.71. The van der Waals surface area contributed by atoms with Crippen LogP contribution in [0.1, 0.15) is 20.8 Å². The third-order valence-corrected chi connectivity index (χ3v) is 2.69.